The number of hydrogen-bond acceptors (Lipinski definition) is 4. The Morgan fingerprint density at radius 2 is 1.63 bits per heavy atom. The van der Waals surface area contributed by atoms with Crippen LogP contribution in [0.25, 0.3) is 11.1 Å². The second-order valence-corrected chi connectivity index (χ2v) is 9.77. The van der Waals surface area contributed by atoms with Crippen molar-refractivity contribution in [3.63, 3.8) is 0 Å². The van der Waals surface area contributed by atoms with E-state index in [1.807, 2.05) is 36.1 Å². The zero-order valence-corrected chi connectivity index (χ0v) is 20.2. The van der Waals surface area contributed by atoms with Gasteiger partial charge in [0.15, 0.2) is 0 Å². The minimum Gasteiger partial charge on any atom is -0.481 e. The molecule has 1 atom stereocenters. The predicted molar refractivity (Wildman–Crippen MR) is 133 cm³/mol. The maximum atomic E-state index is 12.5. The molecule has 1 aliphatic heterocycles. The second-order valence-electron chi connectivity index (χ2n) is 9.77. The molecule has 186 valence electrons. The second kappa shape index (κ2) is 11.4. The number of hydrogen-bond donors (Lipinski definition) is 2. The Hall–Kier alpha value is -3.35. The molecule has 2 amide bonds. The van der Waals surface area contributed by atoms with Gasteiger partial charge in [-0.1, -0.05) is 55.5 Å². The molecule has 35 heavy (non-hydrogen) atoms. The Morgan fingerprint density at radius 1 is 1.03 bits per heavy atom. The average molecular weight is 479 g/mol. The Labute approximate surface area is 206 Å². The third-order valence-corrected chi connectivity index (χ3v) is 7.22. The van der Waals surface area contributed by atoms with Gasteiger partial charge in [-0.15, -0.1) is 0 Å². The highest BCUT2D eigenvalue weighted by Gasteiger charge is 2.29. The number of ether oxygens (including phenoxy) is 1. The molecule has 2 aromatic rings. The molecule has 0 bridgehead atoms. The van der Waals surface area contributed by atoms with Gasteiger partial charge in [-0.3, -0.25) is 9.59 Å². The number of nitrogens with zero attached hydrogens (tertiary/aromatic N) is 1. The van der Waals surface area contributed by atoms with Crippen molar-refractivity contribution in [1.82, 2.24) is 10.2 Å². The van der Waals surface area contributed by atoms with E-state index in [4.69, 9.17) is 9.84 Å². The fourth-order valence-electron chi connectivity index (χ4n) is 5.17. The Balaban J connectivity index is 1.17. The van der Waals surface area contributed by atoms with Gasteiger partial charge in [-0.25, -0.2) is 4.79 Å². The van der Waals surface area contributed by atoms with Gasteiger partial charge in [0.2, 0.25) is 5.91 Å². The van der Waals surface area contributed by atoms with Gasteiger partial charge in [0.1, 0.15) is 6.61 Å². The van der Waals surface area contributed by atoms with Crippen molar-refractivity contribution in [3.05, 3.63) is 59.7 Å². The molecule has 2 aromatic carbocycles. The van der Waals surface area contributed by atoms with E-state index >= 15 is 0 Å². The van der Waals surface area contributed by atoms with Gasteiger partial charge in [0, 0.05) is 38.4 Å². The zero-order valence-electron chi connectivity index (χ0n) is 20.2. The molecular formula is C28H34N2O5. The van der Waals surface area contributed by atoms with Crippen molar-refractivity contribution in [2.45, 2.75) is 44.9 Å². The Morgan fingerprint density at radius 3 is 2.23 bits per heavy atom. The molecule has 1 fully saturated rings. The molecule has 1 saturated heterocycles. The van der Waals surface area contributed by atoms with Crippen LogP contribution < -0.4 is 5.32 Å². The molecule has 2 N–H and O–H groups in total. The van der Waals surface area contributed by atoms with Crippen molar-refractivity contribution in [3.8, 4) is 11.1 Å². The molecule has 0 saturated carbocycles. The number of fused-ring (bicyclic) bond motifs is 3. The van der Waals surface area contributed by atoms with Gasteiger partial charge in [-0.2, -0.15) is 0 Å². The number of alkyl carbamates (subject to hydrolysis) is 1. The highest BCUT2D eigenvalue weighted by Crippen LogP contribution is 2.44. The molecule has 4 rings (SSSR count). The number of nitrogens with one attached hydrogen (secondary N) is 1. The van der Waals surface area contributed by atoms with Gasteiger partial charge in [0.05, 0.1) is 0 Å². The van der Waals surface area contributed by atoms with Crippen LogP contribution in [0.2, 0.25) is 0 Å². The standard InChI is InChI=1S/C28H34N2O5/c1-19(10-11-26(31)30-14-12-20(13-15-30)16-27(32)33)17-29-28(34)35-18-25-23-8-4-2-6-21(23)22-7-3-5-9-24(22)25/h2-9,19-20,25H,10-18H2,1H3,(H,29,34)(H,32,33). The fourth-order valence-corrected chi connectivity index (χ4v) is 5.17. The number of benzene rings is 2. The van der Waals surface area contributed by atoms with Crippen molar-refractivity contribution in [2.24, 2.45) is 11.8 Å². The van der Waals surface area contributed by atoms with E-state index in [0.717, 1.165) is 12.8 Å². The maximum absolute atomic E-state index is 12.5. The number of rotatable bonds is 9. The van der Waals surface area contributed by atoms with Crippen LogP contribution in [0.4, 0.5) is 4.79 Å². The van der Waals surface area contributed by atoms with E-state index in [1.165, 1.54) is 22.3 Å². The lowest BCUT2D eigenvalue weighted by Gasteiger charge is -2.31. The van der Waals surface area contributed by atoms with E-state index in [-0.39, 0.29) is 36.7 Å². The summed E-state index contributed by atoms with van der Waals surface area (Å²) in [4.78, 5) is 37.6. The summed E-state index contributed by atoms with van der Waals surface area (Å²) in [5.41, 5.74) is 4.75. The first-order valence-electron chi connectivity index (χ1n) is 12.5. The van der Waals surface area contributed by atoms with E-state index in [1.54, 1.807) is 0 Å². The summed E-state index contributed by atoms with van der Waals surface area (Å²) < 4.78 is 5.58. The van der Waals surface area contributed by atoms with Crippen LogP contribution in [0.5, 0.6) is 0 Å². The van der Waals surface area contributed by atoms with Crippen LogP contribution in [0.1, 0.15) is 56.1 Å². The van der Waals surface area contributed by atoms with Gasteiger partial charge < -0.3 is 20.1 Å². The van der Waals surface area contributed by atoms with Crippen LogP contribution in [0, 0.1) is 11.8 Å². The van der Waals surface area contributed by atoms with Crippen molar-refractivity contribution in [2.75, 3.05) is 26.2 Å². The summed E-state index contributed by atoms with van der Waals surface area (Å²) in [7, 11) is 0. The molecule has 7 nitrogen and oxygen atoms in total. The largest absolute Gasteiger partial charge is 0.481 e. The van der Waals surface area contributed by atoms with Crippen LogP contribution >= 0.6 is 0 Å². The molecule has 7 heteroatoms. The molecule has 0 radical (unpaired) electrons. The molecule has 1 aliphatic carbocycles. The number of carbonyl (C=O) groups excluding carboxylic acids is 2. The first-order chi connectivity index (χ1) is 16.9. The SMILES string of the molecule is CC(CCC(=O)N1CCC(CC(=O)O)CC1)CNC(=O)OCC1c2ccccc2-c2ccccc21. The van der Waals surface area contributed by atoms with Crippen molar-refractivity contribution >= 4 is 18.0 Å². The van der Waals surface area contributed by atoms with Gasteiger partial charge in [0.25, 0.3) is 0 Å². The van der Waals surface area contributed by atoms with Gasteiger partial charge in [-0.05, 0) is 53.4 Å². The smallest absolute Gasteiger partial charge is 0.407 e. The highest BCUT2D eigenvalue weighted by molar-refractivity contribution is 5.79. The Bertz CT molecular complexity index is 1020. The summed E-state index contributed by atoms with van der Waals surface area (Å²) >= 11 is 0. The molecule has 2 aliphatic rings. The van der Waals surface area contributed by atoms with Crippen LogP contribution in [-0.4, -0.2) is 54.2 Å². The average Bonchev–Trinajstić information content (AvgIpc) is 3.18. The van der Waals surface area contributed by atoms with E-state index in [0.29, 0.717) is 32.5 Å². The molecule has 1 unspecified atom stereocenters. The number of amides is 2. The number of aliphatic carboxylic acids is 1. The van der Waals surface area contributed by atoms with Crippen molar-refractivity contribution in [1.29, 1.82) is 0 Å². The quantitative estimate of drug-likeness (QED) is 0.547. The van der Waals surface area contributed by atoms with Crippen LogP contribution in [0.15, 0.2) is 48.5 Å². The summed E-state index contributed by atoms with van der Waals surface area (Å²) in [5, 5.41) is 11.8. The lowest BCUT2D eigenvalue weighted by molar-refractivity contribution is -0.138. The van der Waals surface area contributed by atoms with E-state index < -0.39 is 12.1 Å². The third kappa shape index (κ3) is 6.21. The summed E-state index contributed by atoms with van der Waals surface area (Å²) in [6, 6.07) is 16.5. The molecule has 0 aromatic heterocycles. The highest BCUT2D eigenvalue weighted by atomic mass is 16.5. The molecular weight excluding hydrogens is 444 g/mol. The topological polar surface area (TPSA) is 95.9 Å². The summed E-state index contributed by atoms with van der Waals surface area (Å²) in [6.07, 6.45) is 2.34. The normalized spacial score (nSPS) is 16.3. The first kappa shape index (κ1) is 24.8. The lowest BCUT2D eigenvalue weighted by Crippen LogP contribution is -2.39. The van der Waals surface area contributed by atoms with E-state index in [9.17, 15) is 14.4 Å². The minimum absolute atomic E-state index is 0.0304. The van der Waals surface area contributed by atoms with Gasteiger partial charge >= 0.3 is 12.1 Å². The number of carbonyl (C=O) groups is 3. The molecule has 0 spiro atoms. The zero-order chi connectivity index (χ0) is 24.8. The van der Waals surface area contributed by atoms with Crippen LogP contribution in [0.3, 0.4) is 0 Å². The lowest BCUT2D eigenvalue weighted by atomic mass is 9.93. The van der Waals surface area contributed by atoms with Crippen LogP contribution in [-0.2, 0) is 14.3 Å². The summed E-state index contributed by atoms with van der Waals surface area (Å²) in [5.74, 6) is -0.331. The maximum Gasteiger partial charge on any atom is 0.407 e. The number of likely N-dealkylation sites (tertiary alicyclic amines) is 1. The number of carboxylic acids is 1. The molecule has 1 heterocycles. The fraction of sp³-hybridized carbons (Fsp3) is 0.464. The predicted octanol–water partition coefficient (Wildman–Crippen LogP) is 4.65. The number of carboxylic acid groups (broad SMARTS) is 1. The summed E-state index contributed by atoms with van der Waals surface area (Å²) in [6.45, 7) is 4.00. The van der Waals surface area contributed by atoms with Crippen molar-refractivity contribution < 1.29 is 24.2 Å². The monoisotopic (exact) mass is 478 g/mol. The third-order valence-electron chi connectivity index (χ3n) is 7.22. The number of piperidine rings is 1. The Kier molecular flexibility index (Phi) is 8.06. The minimum atomic E-state index is -0.771. The van der Waals surface area contributed by atoms with E-state index in [2.05, 4.69) is 29.6 Å². The first-order valence-corrected chi connectivity index (χ1v) is 12.5.